The Balaban J connectivity index is 2.06. The van der Waals surface area contributed by atoms with Crippen molar-refractivity contribution in [1.82, 2.24) is 9.80 Å². The summed E-state index contributed by atoms with van der Waals surface area (Å²) in [5, 5.41) is 0. The average molecular weight is 362 g/mol. The van der Waals surface area contributed by atoms with E-state index in [0.29, 0.717) is 13.0 Å². The van der Waals surface area contributed by atoms with E-state index in [-0.39, 0.29) is 6.04 Å². The third-order valence-corrected chi connectivity index (χ3v) is 4.57. The van der Waals surface area contributed by atoms with Gasteiger partial charge in [-0.15, -0.1) is 0 Å². The molecule has 144 valence electrons. The first-order valence-corrected chi connectivity index (χ1v) is 9.03. The average Bonchev–Trinajstić information content (AvgIpc) is 2.59. The van der Waals surface area contributed by atoms with Crippen LogP contribution in [0.4, 0.5) is 4.79 Å². The third-order valence-electron chi connectivity index (χ3n) is 4.57. The van der Waals surface area contributed by atoms with Gasteiger partial charge in [0.2, 0.25) is 0 Å². The van der Waals surface area contributed by atoms with Crippen molar-refractivity contribution in [3.05, 3.63) is 35.9 Å². The van der Waals surface area contributed by atoms with Gasteiger partial charge in [0.15, 0.2) is 0 Å². The first-order valence-electron chi connectivity index (χ1n) is 9.03. The second-order valence-electron chi connectivity index (χ2n) is 7.79. The quantitative estimate of drug-likeness (QED) is 0.771. The Morgan fingerprint density at radius 2 is 1.88 bits per heavy atom. The van der Waals surface area contributed by atoms with Gasteiger partial charge in [0, 0.05) is 19.1 Å². The number of rotatable bonds is 4. The van der Waals surface area contributed by atoms with Crippen LogP contribution in [0.1, 0.15) is 39.2 Å². The van der Waals surface area contributed by atoms with Gasteiger partial charge < -0.3 is 9.47 Å². The van der Waals surface area contributed by atoms with Gasteiger partial charge in [-0.05, 0) is 46.2 Å². The maximum absolute atomic E-state index is 12.5. The Morgan fingerprint density at radius 1 is 1.23 bits per heavy atom. The number of hydrogen-bond donors (Lipinski definition) is 0. The minimum atomic E-state index is -0.619. The molecule has 1 aromatic rings. The number of carbonyl (C=O) groups is 2. The van der Waals surface area contributed by atoms with Gasteiger partial charge in [-0.25, -0.2) is 9.59 Å². The van der Waals surface area contributed by atoms with Crippen LogP contribution >= 0.6 is 0 Å². The summed E-state index contributed by atoms with van der Waals surface area (Å²) in [5.41, 5.74) is 0.623. The van der Waals surface area contributed by atoms with E-state index in [2.05, 4.69) is 24.1 Å². The van der Waals surface area contributed by atoms with Crippen LogP contribution < -0.4 is 0 Å². The molecule has 1 aromatic carbocycles. The van der Waals surface area contributed by atoms with Gasteiger partial charge in [-0.3, -0.25) is 9.80 Å². The summed E-state index contributed by atoms with van der Waals surface area (Å²) in [6.07, 6.45) is 0.864. The molecule has 0 radical (unpaired) electrons. The molecular weight excluding hydrogens is 332 g/mol. The highest BCUT2D eigenvalue weighted by Gasteiger charge is 2.39. The van der Waals surface area contributed by atoms with Gasteiger partial charge >= 0.3 is 12.1 Å². The topological polar surface area (TPSA) is 59.1 Å². The summed E-state index contributed by atoms with van der Waals surface area (Å²) in [5.74, 6) is -0.395. The molecule has 2 rings (SSSR count). The predicted octanol–water partition coefficient (Wildman–Crippen LogP) is 3.06. The fraction of sp³-hybridized carbons (Fsp3) is 0.600. The largest absolute Gasteiger partial charge is 0.467 e. The molecule has 0 N–H and O–H groups in total. The van der Waals surface area contributed by atoms with Crippen LogP contribution in [0.5, 0.6) is 0 Å². The van der Waals surface area contributed by atoms with E-state index < -0.39 is 23.7 Å². The van der Waals surface area contributed by atoms with Crippen molar-refractivity contribution in [2.75, 3.05) is 20.7 Å². The molecule has 2 atom stereocenters. The lowest BCUT2D eigenvalue weighted by Crippen LogP contribution is -2.55. The van der Waals surface area contributed by atoms with Crippen LogP contribution in [-0.4, -0.2) is 60.2 Å². The number of amides is 1. The van der Waals surface area contributed by atoms with Crippen LogP contribution in [0.15, 0.2) is 30.3 Å². The van der Waals surface area contributed by atoms with Crippen molar-refractivity contribution in [3.63, 3.8) is 0 Å². The van der Waals surface area contributed by atoms with Crippen molar-refractivity contribution in [1.29, 1.82) is 0 Å². The van der Waals surface area contributed by atoms with Crippen molar-refractivity contribution < 1.29 is 19.1 Å². The Kier molecular flexibility index (Phi) is 6.64. The van der Waals surface area contributed by atoms with Crippen molar-refractivity contribution in [2.45, 2.75) is 57.8 Å². The van der Waals surface area contributed by atoms with Crippen LogP contribution in [0.2, 0.25) is 0 Å². The van der Waals surface area contributed by atoms with Crippen LogP contribution in [-0.2, 0) is 20.8 Å². The lowest BCUT2D eigenvalue weighted by Gasteiger charge is -2.41. The molecule has 1 aliphatic heterocycles. The SMILES string of the molecule is COC(=O)[C@H]1C[C@H](N(C)Cc2ccccc2)CCN1C(=O)OC(C)(C)C. The molecule has 0 saturated carbocycles. The van der Waals surface area contributed by atoms with Crippen molar-refractivity contribution >= 4 is 12.1 Å². The molecule has 1 aliphatic rings. The molecule has 6 nitrogen and oxygen atoms in total. The van der Waals surface area contributed by atoms with Crippen molar-refractivity contribution in [3.8, 4) is 0 Å². The zero-order valence-corrected chi connectivity index (χ0v) is 16.4. The molecule has 1 heterocycles. The monoisotopic (exact) mass is 362 g/mol. The highest BCUT2D eigenvalue weighted by atomic mass is 16.6. The molecular formula is C20H30N2O4. The molecule has 26 heavy (non-hydrogen) atoms. The summed E-state index contributed by atoms with van der Waals surface area (Å²) >= 11 is 0. The van der Waals surface area contributed by atoms with Crippen molar-refractivity contribution in [2.24, 2.45) is 0 Å². The first kappa shape index (κ1) is 20.2. The van der Waals surface area contributed by atoms with E-state index in [1.165, 1.54) is 17.6 Å². The van der Waals surface area contributed by atoms with E-state index in [4.69, 9.17) is 9.47 Å². The highest BCUT2D eigenvalue weighted by molar-refractivity contribution is 5.81. The number of esters is 1. The van der Waals surface area contributed by atoms with Gasteiger partial charge in [-0.1, -0.05) is 30.3 Å². The van der Waals surface area contributed by atoms with Gasteiger partial charge in [-0.2, -0.15) is 0 Å². The molecule has 0 aromatic heterocycles. The minimum Gasteiger partial charge on any atom is -0.467 e. The Morgan fingerprint density at radius 3 is 2.46 bits per heavy atom. The summed E-state index contributed by atoms with van der Waals surface area (Å²) in [4.78, 5) is 28.5. The standard InChI is InChI=1S/C20H30N2O4/c1-20(2,3)26-19(24)22-12-11-16(13-17(22)18(23)25-5)21(4)14-15-9-7-6-8-10-15/h6-10,16-17H,11-14H2,1-5H3/t16-,17-/m1/s1. The number of hydrogen-bond acceptors (Lipinski definition) is 5. The summed E-state index contributed by atoms with van der Waals surface area (Å²) in [7, 11) is 3.40. The number of likely N-dealkylation sites (tertiary alicyclic amines) is 1. The normalized spacial score (nSPS) is 20.8. The zero-order chi connectivity index (χ0) is 19.3. The maximum atomic E-state index is 12.5. The molecule has 6 heteroatoms. The molecule has 1 amide bonds. The Bertz CT molecular complexity index is 612. The van der Waals surface area contributed by atoms with E-state index in [1.54, 1.807) is 0 Å². The number of nitrogens with zero attached hydrogens (tertiary/aromatic N) is 2. The molecule has 0 unspecified atom stereocenters. The lowest BCUT2D eigenvalue weighted by molar-refractivity contribution is -0.149. The van der Waals surface area contributed by atoms with E-state index >= 15 is 0 Å². The van der Waals surface area contributed by atoms with E-state index in [9.17, 15) is 9.59 Å². The molecule has 1 fully saturated rings. The third kappa shape index (κ3) is 5.46. The number of benzene rings is 1. The maximum Gasteiger partial charge on any atom is 0.411 e. The fourth-order valence-electron chi connectivity index (χ4n) is 3.25. The van der Waals surface area contributed by atoms with Gasteiger partial charge in [0.1, 0.15) is 11.6 Å². The van der Waals surface area contributed by atoms with Crippen LogP contribution in [0.25, 0.3) is 0 Å². The first-order chi connectivity index (χ1) is 12.2. The van der Waals surface area contributed by atoms with Gasteiger partial charge in [0.05, 0.1) is 7.11 Å². The molecule has 0 aliphatic carbocycles. The summed E-state index contributed by atoms with van der Waals surface area (Å²) in [6, 6.07) is 9.78. The highest BCUT2D eigenvalue weighted by Crippen LogP contribution is 2.25. The second-order valence-corrected chi connectivity index (χ2v) is 7.79. The molecule has 0 spiro atoms. The second kappa shape index (κ2) is 8.54. The van der Waals surface area contributed by atoms with E-state index in [1.807, 2.05) is 39.0 Å². The number of carbonyl (C=O) groups excluding carboxylic acids is 2. The summed E-state index contributed by atoms with van der Waals surface area (Å²) < 4.78 is 10.4. The zero-order valence-electron chi connectivity index (χ0n) is 16.4. The smallest absolute Gasteiger partial charge is 0.411 e. The fourth-order valence-corrected chi connectivity index (χ4v) is 3.25. The number of methoxy groups -OCH3 is 1. The molecule has 0 bridgehead atoms. The van der Waals surface area contributed by atoms with E-state index in [0.717, 1.165) is 13.0 Å². The lowest BCUT2D eigenvalue weighted by atomic mass is 9.96. The van der Waals surface area contributed by atoms with Gasteiger partial charge in [0.25, 0.3) is 0 Å². The Labute approximate surface area is 156 Å². The predicted molar refractivity (Wildman–Crippen MR) is 99.7 cm³/mol. The van der Waals surface area contributed by atoms with Crippen LogP contribution in [0, 0.1) is 0 Å². The summed E-state index contributed by atoms with van der Waals surface area (Å²) in [6.45, 7) is 6.72. The Hall–Kier alpha value is -2.08. The number of piperidine rings is 1. The molecule has 1 saturated heterocycles. The van der Waals surface area contributed by atoms with Crippen LogP contribution in [0.3, 0.4) is 0 Å². The number of ether oxygens (including phenoxy) is 2. The minimum absolute atomic E-state index is 0.193.